The first-order valence-electron chi connectivity index (χ1n) is 8.24. The SMILES string of the molecule is Cn1cnc(S(=O)(=O)N2C3CCC2CC(N2C(=O)CCC2=O)C3)c1. The molecule has 8 nitrogen and oxygen atoms in total. The minimum Gasteiger partial charge on any atom is -0.339 e. The fourth-order valence-electron chi connectivity index (χ4n) is 4.34. The molecule has 3 aliphatic heterocycles. The predicted octanol–water partition coefficient (Wildman–Crippen LogP) is 0.253. The Labute approximate surface area is 140 Å². The van der Waals surface area contributed by atoms with Crippen molar-refractivity contribution in [1.82, 2.24) is 18.8 Å². The second-order valence-corrected chi connectivity index (χ2v) is 8.67. The summed E-state index contributed by atoms with van der Waals surface area (Å²) in [5.74, 6) is -0.240. The maximum atomic E-state index is 12.9. The van der Waals surface area contributed by atoms with Gasteiger partial charge in [0.05, 0.1) is 6.33 Å². The van der Waals surface area contributed by atoms with Crippen LogP contribution in [0.5, 0.6) is 0 Å². The summed E-state index contributed by atoms with van der Waals surface area (Å²) < 4.78 is 29.0. The van der Waals surface area contributed by atoms with Gasteiger partial charge in [-0.1, -0.05) is 0 Å². The summed E-state index contributed by atoms with van der Waals surface area (Å²) in [5, 5.41) is 0.0636. The van der Waals surface area contributed by atoms with E-state index < -0.39 is 10.0 Å². The highest BCUT2D eigenvalue weighted by molar-refractivity contribution is 7.89. The molecule has 3 fully saturated rings. The van der Waals surface area contributed by atoms with Crippen LogP contribution in [-0.2, 0) is 26.7 Å². The monoisotopic (exact) mass is 352 g/mol. The topological polar surface area (TPSA) is 92.6 Å². The number of carbonyl (C=O) groups excluding carboxylic acids is 2. The molecule has 4 heterocycles. The van der Waals surface area contributed by atoms with Gasteiger partial charge in [-0.15, -0.1) is 0 Å². The number of imidazole rings is 1. The van der Waals surface area contributed by atoms with Crippen LogP contribution in [0.1, 0.15) is 38.5 Å². The van der Waals surface area contributed by atoms with Crippen LogP contribution in [0.4, 0.5) is 0 Å². The lowest BCUT2D eigenvalue weighted by Gasteiger charge is -2.40. The molecule has 24 heavy (non-hydrogen) atoms. The maximum Gasteiger partial charge on any atom is 0.262 e. The number of nitrogens with zero attached hydrogens (tertiary/aromatic N) is 4. The lowest BCUT2D eigenvalue weighted by Crippen LogP contribution is -2.53. The number of sulfonamides is 1. The Bertz CT molecular complexity index is 772. The molecule has 2 unspecified atom stereocenters. The number of amides is 2. The Balaban J connectivity index is 1.59. The standard InChI is InChI=1S/C15H20N4O4S/c1-17-8-13(16-9-17)24(22,23)19-10-2-3-11(19)7-12(6-10)18-14(20)4-5-15(18)21/h8-12H,2-7H2,1H3. The zero-order valence-electron chi connectivity index (χ0n) is 13.5. The van der Waals surface area contributed by atoms with Gasteiger partial charge in [0.25, 0.3) is 10.0 Å². The van der Waals surface area contributed by atoms with E-state index in [1.807, 2.05) is 0 Å². The minimum absolute atomic E-state index is 0.0636. The highest BCUT2D eigenvalue weighted by Crippen LogP contribution is 2.41. The van der Waals surface area contributed by atoms with Crippen molar-refractivity contribution in [2.75, 3.05) is 0 Å². The van der Waals surface area contributed by atoms with Crippen LogP contribution in [-0.4, -0.2) is 57.1 Å². The van der Waals surface area contributed by atoms with Crippen molar-refractivity contribution in [3.63, 3.8) is 0 Å². The van der Waals surface area contributed by atoms with Crippen LogP contribution < -0.4 is 0 Å². The Hall–Kier alpha value is -1.74. The quantitative estimate of drug-likeness (QED) is 0.727. The van der Waals surface area contributed by atoms with Crippen molar-refractivity contribution in [2.24, 2.45) is 7.05 Å². The van der Waals surface area contributed by atoms with Gasteiger partial charge < -0.3 is 4.57 Å². The molecule has 1 aromatic heterocycles. The molecule has 1 aromatic rings. The van der Waals surface area contributed by atoms with E-state index in [9.17, 15) is 18.0 Å². The molecule has 0 radical (unpaired) electrons. The molecule has 4 rings (SSSR count). The molecule has 2 amide bonds. The average molecular weight is 352 g/mol. The van der Waals surface area contributed by atoms with Crippen LogP contribution in [0.15, 0.2) is 17.6 Å². The number of fused-ring (bicyclic) bond motifs is 2. The number of aryl methyl sites for hydroxylation is 1. The van der Waals surface area contributed by atoms with Crippen molar-refractivity contribution < 1.29 is 18.0 Å². The first-order chi connectivity index (χ1) is 11.4. The zero-order valence-corrected chi connectivity index (χ0v) is 14.3. The number of piperidine rings is 1. The highest BCUT2D eigenvalue weighted by Gasteiger charge is 2.50. The van der Waals surface area contributed by atoms with E-state index in [2.05, 4.69) is 4.98 Å². The Morgan fingerprint density at radius 2 is 1.62 bits per heavy atom. The van der Waals surface area contributed by atoms with E-state index in [1.54, 1.807) is 15.9 Å². The predicted molar refractivity (Wildman–Crippen MR) is 83.2 cm³/mol. The normalized spacial score (nSPS) is 31.2. The molecule has 0 spiro atoms. The maximum absolute atomic E-state index is 12.9. The van der Waals surface area contributed by atoms with Gasteiger partial charge in [-0.3, -0.25) is 14.5 Å². The number of imide groups is 1. The largest absolute Gasteiger partial charge is 0.339 e. The number of carbonyl (C=O) groups is 2. The lowest BCUT2D eigenvalue weighted by molar-refractivity contribution is -0.142. The van der Waals surface area contributed by atoms with Crippen LogP contribution in [0.2, 0.25) is 0 Å². The van der Waals surface area contributed by atoms with Crippen LogP contribution in [0, 0.1) is 0 Å². The molecule has 3 aliphatic rings. The average Bonchev–Trinajstić information content (AvgIpc) is 3.17. The number of rotatable bonds is 3. The molecule has 0 saturated carbocycles. The fraction of sp³-hybridized carbons (Fsp3) is 0.667. The van der Waals surface area contributed by atoms with Crippen molar-refractivity contribution in [2.45, 2.75) is 61.7 Å². The number of aromatic nitrogens is 2. The summed E-state index contributed by atoms with van der Waals surface area (Å²) in [6.07, 6.45) is 6.13. The summed E-state index contributed by atoms with van der Waals surface area (Å²) >= 11 is 0. The fourth-order valence-corrected chi connectivity index (χ4v) is 6.20. The van der Waals surface area contributed by atoms with E-state index in [4.69, 9.17) is 0 Å². The molecule has 0 aromatic carbocycles. The smallest absolute Gasteiger partial charge is 0.262 e. The Morgan fingerprint density at radius 1 is 1.04 bits per heavy atom. The molecule has 2 bridgehead atoms. The van der Waals surface area contributed by atoms with Crippen molar-refractivity contribution in [3.8, 4) is 0 Å². The van der Waals surface area contributed by atoms with E-state index >= 15 is 0 Å². The van der Waals surface area contributed by atoms with Crippen molar-refractivity contribution in [3.05, 3.63) is 12.5 Å². The summed E-state index contributed by atoms with van der Waals surface area (Å²) in [7, 11) is -1.90. The minimum atomic E-state index is -3.64. The third-order valence-electron chi connectivity index (χ3n) is 5.32. The van der Waals surface area contributed by atoms with E-state index in [1.165, 1.54) is 17.4 Å². The molecule has 0 N–H and O–H groups in total. The second-order valence-electron chi connectivity index (χ2n) is 6.88. The molecule has 2 atom stereocenters. The molecule has 0 aliphatic carbocycles. The van der Waals surface area contributed by atoms with Crippen molar-refractivity contribution in [1.29, 1.82) is 0 Å². The summed E-state index contributed by atoms with van der Waals surface area (Å²) in [5.41, 5.74) is 0. The second kappa shape index (κ2) is 5.38. The molecule has 3 saturated heterocycles. The van der Waals surface area contributed by atoms with Gasteiger partial charge in [0.1, 0.15) is 0 Å². The van der Waals surface area contributed by atoms with Gasteiger partial charge in [-0.05, 0) is 25.7 Å². The summed E-state index contributed by atoms with van der Waals surface area (Å²) in [4.78, 5) is 29.3. The molecular formula is C15H20N4O4S. The highest BCUT2D eigenvalue weighted by atomic mass is 32.2. The van der Waals surface area contributed by atoms with Gasteiger partial charge in [0.2, 0.25) is 11.8 Å². The number of hydrogen-bond donors (Lipinski definition) is 0. The third kappa shape index (κ3) is 2.29. The van der Waals surface area contributed by atoms with E-state index in [-0.39, 0.29) is 47.8 Å². The number of likely N-dealkylation sites (tertiary alicyclic amines) is 1. The van der Waals surface area contributed by atoms with Gasteiger partial charge in [-0.2, -0.15) is 4.31 Å². The molecule has 9 heteroatoms. The zero-order chi connectivity index (χ0) is 17.1. The van der Waals surface area contributed by atoms with Gasteiger partial charge >= 0.3 is 0 Å². The van der Waals surface area contributed by atoms with E-state index in [0.29, 0.717) is 12.8 Å². The summed E-state index contributed by atoms with van der Waals surface area (Å²) in [6.45, 7) is 0. The lowest BCUT2D eigenvalue weighted by atomic mass is 9.98. The number of hydrogen-bond acceptors (Lipinski definition) is 5. The molecule has 130 valence electrons. The van der Waals surface area contributed by atoms with Crippen LogP contribution in [0.3, 0.4) is 0 Å². The first kappa shape index (κ1) is 15.8. The third-order valence-corrected chi connectivity index (χ3v) is 7.21. The summed E-state index contributed by atoms with van der Waals surface area (Å²) in [6, 6.07) is -0.496. The Morgan fingerprint density at radius 3 is 2.12 bits per heavy atom. The first-order valence-corrected chi connectivity index (χ1v) is 9.68. The molecular weight excluding hydrogens is 332 g/mol. The van der Waals surface area contributed by atoms with Crippen LogP contribution in [0.25, 0.3) is 0 Å². The van der Waals surface area contributed by atoms with E-state index in [0.717, 1.165) is 12.8 Å². The van der Waals surface area contributed by atoms with Gasteiger partial charge in [-0.25, -0.2) is 13.4 Å². The Kier molecular flexibility index (Phi) is 3.54. The van der Waals surface area contributed by atoms with Gasteiger partial charge in [0, 0.05) is 44.2 Å². The van der Waals surface area contributed by atoms with Gasteiger partial charge in [0.15, 0.2) is 5.03 Å². The van der Waals surface area contributed by atoms with Crippen LogP contribution >= 0.6 is 0 Å². The van der Waals surface area contributed by atoms with Crippen molar-refractivity contribution >= 4 is 21.8 Å².